The van der Waals surface area contributed by atoms with Gasteiger partial charge in [0.25, 0.3) is 0 Å². The van der Waals surface area contributed by atoms with E-state index in [9.17, 15) is 4.57 Å². The molecule has 0 fully saturated rings. The maximum Gasteiger partial charge on any atom is 0.484 e. The standard InChI is InChI=1S/C5H13INO4P/c1-7(2)4-5-10-12(8,9-3)11-6/h4-5H2,1-3H3. The molecule has 0 heterocycles. The van der Waals surface area contributed by atoms with Crippen molar-refractivity contribution in [3.8, 4) is 0 Å². The number of halogens is 1. The first-order valence-electron chi connectivity index (χ1n) is 3.29. The number of hydrogen-bond acceptors (Lipinski definition) is 5. The van der Waals surface area contributed by atoms with Gasteiger partial charge in [0, 0.05) is 13.7 Å². The van der Waals surface area contributed by atoms with E-state index in [1.54, 1.807) is 0 Å². The molecule has 0 N–H and O–H groups in total. The molecule has 0 amide bonds. The van der Waals surface area contributed by atoms with Gasteiger partial charge in [0.05, 0.1) is 6.61 Å². The van der Waals surface area contributed by atoms with E-state index >= 15 is 0 Å². The van der Waals surface area contributed by atoms with Crippen molar-refractivity contribution in [2.75, 3.05) is 34.4 Å². The highest BCUT2D eigenvalue weighted by Crippen LogP contribution is 2.50. The largest absolute Gasteiger partial charge is 0.484 e. The summed E-state index contributed by atoms with van der Waals surface area (Å²) in [6.45, 7) is 0.995. The Balaban J connectivity index is 3.67. The van der Waals surface area contributed by atoms with Crippen molar-refractivity contribution in [3.05, 3.63) is 0 Å². The van der Waals surface area contributed by atoms with E-state index in [1.807, 2.05) is 19.0 Å². The molecule has 0 aliphatic carbocycles. The van der Waals surface area contributed by atoms with Crippen molar-refractivity contribution in [2.24, 2.45) is 0 Å². The van der Waals surface area contributed by atoms with E-state index in [-0.39, 0.29) is 0 Å². The molecular formula is C5H13INO4P. The highest BCUT2D eigenvalue weighted by Gasteiger charge is 2.23. The molecule has 12 heavy (non-hydrogen) atoms. The number of phosphoric ester groups is 1. The SMILES string of the molecule is COP(=O)(OI)OCCN(C)C. The average Bonchev–Trinajstić information content (AvgIpc) is 2.03. The quantitative estimate of drug-likeness (QED) is 0.552. The lowest BCUT2D eigenvalue weighted by molar-refractivity contribution is 0.178. The second-order valence-electron chi connectivity index (χ2n) is 2.34. The molecule has 0 aromatic heterocycles. The predicted molar refractivity (Wildman–Crippen MR) is 54.2 cm³/mol. The van der Waals surface area contributed by atoms with Crippen molar-refractivity contribution in [1.82, 2.24) is 4.90 Å². The first-order valence-corrected chi connectivity index (χ1v) is 5.63. The van der Waals surface area contributed by atoms with Crippen LogP contribution in [0.5, 0.6) is 0 Å². The van der Waals surface area contributed by atoms with Crippen molar-refractivity contribution in [2.45, 2.75) is 0 Å². The molecule has 5 nitrogen and oxygen atoms in total. The second-order valence-corrected chi connectivity index (χ2v) is 5.17. The van der Waals surface area contributed by atoms with Crippen LogP contribution in [0.1, 0.15) is 0 Å². The van der Waals surface area contributed by atoms with Crippen LogP contribution in [-0.2, 0) is 16.5 Å². The Kier molecular flexibility index (Phi) is 6.70. The molecule has 1 atom stereocenters. The molecule has 0 aliphatic heterocycles. The summed E-state index contributed by atoms with van der Waals surface area (Å²) in [4.78, 5) is 1.91. The van der Waals surface area contributed by atoms with Gasteiger partial charge in [-0.2, -0.15) is 0 Å². The third-order valence-corrected chi connectivity index (χ3v) is 3.66. The lowest BCUT2D eigenvalue weighted by atomic mass is 10.6. The Morgan fingerprint density at radius 3 is 2.42 bits per heavy atom. The summed E-state index contributed by atoms with van der Waals surface area (Å²) >= 11 is 1.50. The monoisotopic (exact) mass is 309 g/mol. The van der Waals surface area contributed by atoms with Gasteiger partial charge in [0.15, 0.2) is 0 Å². The van der Waals surface area contributed by atoms with Crippen molar-refractivity contribution >= 4 is 30.8 Å². The van der Waals surface area contributed by atoms with Gasteiger partial charge in [-0.05, 0) is 14.1 Å². The van der Waals surface area contributed by atoms with Gasteiger partial charge in [-0.3, -0.25) is 9.05 Å². The molecule has 0 aromatic carbocycles. The summed E-state index contributed by atoms with van der Waals surface area (Å²) in [7, 11) is 1.80. The second kappa shape index (κ2) is 6.28. The summed E-state index contributed by atoms with van der Waals surface area (Å²) < 4.78 is 25.2. The van der Waals surface area contributed by atoms with Crippen LogP contribution in [0, 0.1) is 0 Å². The summed E-state index contributed by atoms with van der Waals surface area (Å²) in [5, 5.41) is 0. The Hall–Kier alpha value is 0.800. The molecule has 7 heteroatoms. The minimum Gasteiger partial charge on any atom is -0.307 e. The molecule has 0 aromatic rings. The Morgan fingerprint density at radius 1 is 1.50 bits per heavy atom. The summed E-state index contributed by atoms with van der Waals surface area (Å²) in [5.41, 5.74) is 0. The first-order chi connectivity index (χ1) is 5.54. The van der Waals surface area contributed by atoms with E-state index in [2.05, 4.69) is 7.38 Å². The normalized spacial score (nSPS) is 16.4. The molecule has 0 radical (unpaired) electrons. The Bertz CT molecular complexity index is 158. The third-order valence-electron chi connectivity index (χ3n) is 1.10. The zero-order valence-electron chi connectivity index (χ0n) is 7.32. The zero-order chi connectivity index (χ0) is 9.61. The van der Waals surface area contributed by atoms with Gasteiger partial charge in [-0.25, -0.2) is 7.42 Å². The van der Waals surface area contributed by atoms with E-state index in [4.69, 9.17) is 4.52 Å². The van der Waals surface area contributed by atoms with Crippen LogP contribution in [0.2, 0.25) is 0 Å². The molecule has 0 aliphatic rings. The zero-order valence-corrected chi connectivity index (χ0v) is 10.4. The Morgan fingerprint density at radius 2 is 2.08 bits per heavy atom. The third kappa shape index (κ3) is 5.45. The molecule has 74 valence electrons. The van der Waals surface area contributed by atoms with E-state index < -0.39 is 7.82 Å². The molecule has 0 saturated heterocycles. The van der Waals surface area contributed by atoms with Gasteiger partial charge in [-0.15, -0.1) is 0 Å². The maximum absolute atomic E-state index is 11.2. The highest BCUT2D eigenvalue weighted by atomic mass is 127. The van der Waals surface area contributed by atoms with Gasteiger partial charge >= 0.3 is 7.82 Å². The Labute approximate surface area is 86.7 Å². The van der Waals surface area contributed by atoms with Gasteiger partial charge in [-0.1, -0.05) is 0 Å². The van der Waals surface area contributed by atoms with Crippen LogP contribution in [0.15, 0.2) is 0 Å². The van der Waals surface area contributed by atoms with E-state index in [0.29, 0.717) is 13.2 Å². The van der Waals surface area contributed by atoms with Crippen molar-refractivity contribution < 1.29 is 16.5 Å². The molecule has 1 unspecified atom stereocenters. The van der Waals surface area contributed by atoms with Gasteiger partial charge in [0.2, 0.25) is 0 Å². The van der Waals surface area contributed by atoms with Crippen LogP contribution in [0.4, 0.5) is 0 Å². The lowest BCUT2D eigenvalue weighted by Gasteiger charge is -2.13. The summed E-state index contributed by atoms with van der Waals surface area (Å²) in [6.07, 6.45) is 0. The van der Waals surface area contributed by atoms with Crippen LogP contribution in [0.3, 0.4) is 0 Å². The lowest BCUT2D eigenvalue weighted by Crippen LogP contribution is -2.17. The van der Waals surface area contributed by atoms with E-state index in [0.717, 1.165) is 0 Å². The number of rotatable bonds is 6. The fourth-order valence-electron chi connectivity index (χ4n) is 0.436. The minimum atomic E-state index is -3.28. The van der Waals surface area contributed by atoms with Crippen molar-refractivity contribution in [1.29, 1.82) is 0 Å². The number of likely N-dealkylation sites (N-methyl/N-ethyl adjacent to an activating group) is 1. The summed E-state index contributed by atoms with van der Waals surface area (Å²) in [5.74, 6) is 0. The van der Waals surface area contributed by atoms with Crippen LogP contribution >= 0.6 is 30.8 Å². The smallest absolute Gasteiger partial charge is 0.307 e. The van der Waals surface area contributed by atoms with Crippen LogP contribution in [0.25, 0.3) is 0 Å². The molecular weight excluding hydrogens is 296 g/mol. The number of hydrogen-bond donors (Lipinski definition) is 0. The topological polar surface area (TPSA) is 48.0 Å². The highest BCUT2D eigenvalue weighted by molar-refractivity contribution is 14.1. The number of phosphoric acid groups is 1. The average molecular weight is 309 g/mol. The van der Waals surface area contributed by atoms with Gasteiger partial charge < -0.3 is 4.90 Å². The molecule has 0 saturated carbocycles. The predicted octanol–water partition coefficient (Wildman–Crippen LogP) is 1.69. The van der Waals surface area contributed by atoms with Crippen LogP contribution < -0.4 is 0 Å². The van der Waals surface area contributed by atoms with Gasteiger partial charge in [0.1, 0.15) is 23.0 Å². The fraction of sp³-hybridized carbons (Fsp3) is 1.00. The van der Waals surface area contributed by atoms with Crippen LogP contribution in [-0.4, -0.2) is 39.3 Å². The van der Waals surface area contributed by atoms with E-state index in [1.165, 1.54) is 30.1 Å². The molecule has 0 rings (SSSR count). The molecule has 0 bridgehead atoms. The fourth-order valence-corrected chi connectivity index (χ4v) is 1.77. The van der Waals surface area contributed by atoms with Crippen molar-refractivity contribution in [3.63, 3.8) is 0 Å². The number of nitrogens with zero attached hydrogens (tertiary/aromatic N) is 1. The first kappa shape index (κ1) is 12.8. The summed E-state index contributed by atoms with van der Waals surface area (Å²) in [6, 6.07) is 0. The maximum atomic E-state index is 11.2. The minimum absolute atomic E-state index is 0.321. The molecule has 0 spiro atoms.